The van der Waals surface area contributed by atoms with Gasteiger partial charge in [0.15, 0.2) is 0 Å². The van der Waals surface area contributed by atoms with Crippen LogP contribution >= 0.6 is 0 Å². The van der Waals surface area contributed by atoms with E-state index in [-0.39, 0.29) is 5.54 Å². The maximum Gasteiger partial charge on any atom is 0.236 e. The van der Waals surface area contributed by atoms with Gasteiger partial charge >= 0.3 is 0 Å². The number of aromatic nitrogens is 2. The molecule has 1 N–H and O–H groups in total. The van der Waals surface area contributed by atoms with Crippen LogP contribution in [0.3, 0.4) is 0 Å². The fourth-order valence-corrected chi connectivity index (χ4v) is 1.77. The summed E-state index contributed by atoms with van der Waals surface area (Å²) in [5, 5.41) is 11.6. The first-order valence-electron chi connectivity index (χ1n) is 5.21. The van der Waals surface area contributed by atoms with Gasteiger partial charge in [-0.25, -0.2) is 0 Å². The normalized spacial score (nSPS) is 27.4. The van der Waals surface area contributed by atoms with Gasteiger partial charge in [-0.1, -0.05) is 13.8 Å². The van der Waals surface area contributed by atoms with Crippen molar-refractivity contribution in [1.29, 1.82) is 0 Å². The van der Waals surface area contributed by atoms with Crippen molar-refractivity contribution in [3.05, 3.63) is 11.8 Å². The molecule has 0 aromatic carbocycles. The summed E-state index contributed by atoms with van der Waals surface area (Å²) in [4.78, 5) is 0. The summed E-state index contributed by atoms with van der Waals surface area (Å²) < 4.78 is 5.65. The Morgan fingerprint density at radius 2 is 2.21 bits per heavy atom. The molecule has 0 spiro atoms. The van der Waals surface area contributed by atoms with Crippen LogP contribution < -0.4 is 5.32 Å². The first-order chi connectivity index (χ1) is 6.62. The van der Waals surface area contributed by atoms with Crippen molar-refractivity contribution in [2.45, 2.75) is 45.1 Å². The molecular formula is C10H17N3O. The van der Waals surface area contributed by atoms with Gasteiger partial charge in [-0.2, -0.15) is 0 Å². The molecule has 14 heavy (non-hydrogen) atoms. The minimum Gasteiger partial charge on any atom is -0.423 e. The molecule has 78 valence electrons. The third-order valence-electron chi connectivity index (χ3n) is 2.78. The zero-order valence-electron chi connectivity index (χ0n) is 9.00. The van der Waals surface area contributed by atoms with E-state index in [1.165, 1.54) is 6.42 Å². The summed E-state index contributed by atoms with van der Waals surface area (Å²) in [5.41, 5.74) is -0.0971. The van der Waals surface area contributed by atoms with E-state index in [9.17, 15) is 0 Å². The van der Waals surface area contributed by atoms with Gasteiger partial charge in [0.1, 0.15) is 0 Å². The van der Waals surface area contributed by atoms with Crippen molar-refractivity contribution in [3.63, 3.8) is 0 Å². The topological polar surface area (TPSA) is 51.0 Å². The van der Waals surface area contributed by atoms with Gasteiger partial charge in [-0.15, -0.1) is 10.2 Å². The molecule has 2 heterocycles. The Bertz CT molecular complexity index is 313. The monoisotopic (exact) mass is 195 g/mol. The molecule has 1 saturated heterocycles. The summed E-state index contributed by atoms with van der Waals surface area (Å²) in [7, 11) is 0. The minimum atomic E-state index is -0.0971. The predicted octanol–water partition coefficient (Wildman–Crippen LogP) is 1.79. The number of rotatable bonds is 2. The minimum absolute atomic E-state index is 0.0971. The molecular weight excluding hydrogens is 178 g/mol. The van der Waals surface area contributed by atoms with Crippen molar-refractivity contribution in [2.24, 2.45) is 0 Å². The third kappa shape index (κ3) is 1.54. The molecule has 1 fully saturated rings. The maximum atomic E-state index is 5.65. The second kappa shape index (κ2) is 3.35. The molecule has 2 rings (SSSR count). The highest BCUT2D eigenvalue weighted by Crippen LogP contribution is 2.29. The summed E-state index contributed by atoms with van der Waals surface area (Å²) in [6.07, 6.45) is 2.25. The molecule has 0 bridgehead atoms. The number of nitrogens with zero attached hydrogens (tertiary/aromatic N) is 2. The van der Waals surface area contributed by atoms with Crippen LogP contribution in [-0.4, -0.2) is 16.7 Å². The lowest BCUT2D eigenvalue weighted by atomic mass is 10.0. The van der Waals surface area contributed by atoms with Crippen molar-refractivity contribution < 1.29 is 4.42 Å². The van der Waals surface area contributed by atoms with Crippen LogP contribution in [0, 0.1) is 0 Å². The van der Waals surface area contributed by atoms with Crippen molar-refractivity contribution in [3.8, 4) is 0 Å². The van der Waals surface area contributed by atoms with E-state index in [1.807, 2.05) is 0 Å². The van der Waals surface area contributed by atoms with Crippen LogP contribution in [0.25, 0.3) is 0 Å². The van der Waals surface area contributed by atoms with E-state index in [0.717, 1.165) is 24.7 Å². The lowest BCUT2D eigenvalue weighted by Gasteiger charge is -2.18. The van der Waals surface area contributed by atoms with Gasteiger partial charge in [-0.05, 0) is 26.3 Å². The molecule has 1 aromatic rings. The quantitative estimate of drug-likeness (QED) is 0.781. The molecule has 4 nitrogen and oxygen atoms in total. The average molecular weight is 195 g/mol. The van der Waals surface area contributed by atoms with E-state index < -0.39 is 0 Å². The van der Waals surface area contributed by atoms with Crippen molar-refractivity contribution >= 4 is 0 Å². The molecule has 0 aliphatic carbocycles. The maximum absolute atomic E-state index is 5.65. The summed E-state index contributed by atoms with van der Waals surface area (Å²) >= 11 is 0. The number of nitrogens with one attached hydrogen (secondary N) is 1. The van der Waals surface area contributed by atoms with Gasteiger partial charge in [0.25, 0.3) is 0 Å². The van der Waals surface area contributed by atoms with Gasteiger partial charge < -0.3 is 9.73 Å². The highest BCUT2D eigenvalue weighted by molar-refractivity contribution is 5.03. The summed E-state index contributed by atoms with van der Waals surface area (Å²) in [6.45, 7) is 7.27. The largest absolute Gasteiger partial charge is 0.423 e. The number of hydrogen-bond donors (Lipinski definition) is 1. The average Bonchev–Trinajstić information content (AvgIpc) is 2.71. The van der Waals surface area contributed by atoms with E-state index in [0.29, 0.717) is 5.92 Å². The Morgan fingerprint density at radius 1 is 1.43 bits per heavy atom. The van der Waals surface area contributed by atoms with Gasteiger partial charge in [0.05, 0.1) is 5.54 Å². The Hall–Kier alpha value is -0.900. The van der Waals surface area contributed by atoms with Crippen LogP contribution in [0.15, 0.2) is 4.42 Å². The van der Waals surface area contributed by atoms with Crippen LogP contribution in [0.5, 0.6) is 0 Å². The lowest BCUT2D eigenvalue weighted by molar-refractivity contribution is 0.305. The molecule has 1 aliphatic heterocycles. The van der Waals surface area contributed by atoms with Crippen LogP contribution in [0.2, 0.25) is 0 Å². The standard InChI is InChI=1S/C10H17N3O/c1-7(2)8-12-13-9(14-8)10(3)5-4-6-11-10/h7,11H,4-6H2,1-3H3. The molecule has 0 amide bonds. The summed E-state index contributed by atoms with van der Waals surface area (Å²) in [6, 6.07) is 0. The molecule has 0 radical (unpaired) electrons. The van der Waals surface area contributed by atoms with Crippen molar-refractivity contribution in [2.75, 3.05) is 6.54 Å². The van der Waals surface area contributed by atoms with E-state index >= 15 is 0 Å². The van der Waals surface area contributed by atoms with Crippen LogP contribution in [-0.2, 0) is 5.54 Å². The van der Waals surface area contributed by atoms with Gasteiger partial charge in [-0.3, -0.25) is 0 Å². The highest BCUT2D eigenvalue weighted by Gasteiger charge is 2.35. The Kier molecular flexibility index (Phi) is 2.31. The molecule has 1 atom stereocenters. The number of hydrogen-bond acceptors (Lipinski definition) is 4. The third-order valence-corrected chi connectivity index (χ3v) is 2.78. The van der Waals surface area contributed by atoms with E-state index in [4.69, 9.17) is 4.42 Å². The van der Waals surface area contributed by atoms with Crippen LogP contribution in [0.4, 0.5) is 0 Å². The molecule has 1 unspecified atom stereocenters. The Labute approximate surface area is 84.1 Å². The van der Waals surface area contributed by atoms with Crippen LogP contribution in [0.1, 0.15) is 51.3 Å². The molecule has 0 saturated carbocycles. The second-order valence-electron chi connectivity index (χ2n) is 4.46. The fourth-order valence-electron chi connectivity index (χ4n) is 1.77. The first-order valence-corrected chi connectivity index (χ1v) is 5.21. The van der Waals surface area contributed by atoms with Gasteiger partial charge in [0.2, 0.25) is 11.8 Å². The fraction of sp³-hybridized carbons (Fsp3) is 0.800. The van der Waals surface area contributed by atoms with Crippen molar-refractivity contribution in [1.82, 2.24) is 15.5 Å². The van der Waals surface area contributed by atoms with Gasteiger partial charge in [0, 0.05) is 5.92 Å². The first kappa shape index (κ1) is 9.65. The lowest BCUT2D eigenvalue weighted by Crippen LogP contribution is -2.33. The highest BCUT2D eigenvalue weighted by atomic mass is 16.4. The zero-order valence-corrected chi connectivity index (χ0v) is 9.00. The molecule has 4 heteroatoms. The molecule has 1 aromatic heterocycles. The zero-order chi connectivity index (χ0) is 10.2. The predicted molar refractivity (Wildman–Crippen MR) is 53.0 cm³/mol. The SMILES string of the molecule is CC(C)c1nnc(C2(C)CCCN2)o1. The molecule has 1 aliphatic rings. The van der Waals surface area contributed by atoms with E-state index in [1.54, 1.807) is 0 Å². The smallest absolute Gasteiger partial charge is 0.236 e. The second-order valence-corrected chi connectivity index (χ2v) is 4.46. The van der Waals surface area contributed by atoms with E-state index in [2.05, 4.69) is 36.3 Å². The Morgan fingerprint density at radius 3 is 2.71 bits per heavy atom. The summed E-state index contributed by atoms with van der Waals surface area (Å²) in [5.74, 6) is 1.77. The Balaban J connectivity index is 2.23.